The van der Waals surface area contributed by atoms with Crippen molar-refractivity contribution in [3.8, 4) is 0 Å². The van der Waals surface area contributed by atoms with Gasteiger partial charge in [0.2, 0.25) is 0 Å². The summed E-state index contributed by atoms with van der Waals surface area (Å²) >= 11 is 0. The number of Topliss-reactive ketones (excluding diaryl/α,β-unsaturated/α-hetero) is 1. The van der Waals surface area contributed by atoms with Crippen LogP contribution in [0, 0.1) is 23.7 Å². The third kappa shape index (κ3) is 1.34. The minimum Gasteiger partial charge on any atom is -0.469 e. The summed E-state index contributed by atoms with van der Waals surface area (Å²) in [6, 6.07) is 0. The van der Waals surface area contributed by atoms with Crippen molar-refractivity contribution in [3.63, 3.8) is 0 Å². The molecule has 0 aromatic carbocycles. The standard InChI is InChI=1S/C11H14O5/c1-15-10(13)7-5-3-4-6(9(5)12)8(7)11(14)16-2/h5-8H,3-4H2,1-2H3/t5-,6+,7+,8-. The molecule has 2 bridgehead atoms. The van der Waals surface area contributed by atoms with Crippen LogP contribution in [-0.2, 0) is 23.9 Å². The van der Waals surface area contributed by atoms with Crippen molar-refractivity contribution in [1.29, 1.82) is 0 Å². The summed E-state index contributed by atoms with van der Waals surface area (Å²) < 4.78 is 9.32. The van der Waals surface area contributed by atoms with Gasteiger partial charge in [0.25, 0.3) is 0 Å². The average molecular weight is 226 g/mol. The van der Waals surface area contributed by atoms with Crippen LogP contribution in [0.15, 0.2) is 0 Å². The molecule has 5 heteroatoms. The van der Waals surface area contributed by atoms with Crippen molar-refractivity contribution in [2.24, 2.45) is 23.7 Å². The lowest BCUT2D eigenvalue weighted by Crippen LogP contribution is -2.36. The van der Waals surface area contributed by atoms with E-state index in [4.69, 9.17) is 0 Å². The van der Waals surface area contributed by atoms with Gasteiger partial charge in [-0.15, -0.1) is 0 Å². The fraction of sp³-hybridized carbons (Fsp3) is 0.727. The summed E-state index contributed by atoms with van der Waals surface area (Å²) in [5.41, 5.74) is 0. The molecule has 2 aliphatic rings. The maximum absolute atomic E-state index is 11.8. The predicted octanol–water partition coefficient (Wildman–Crippen LogP) is 0.174. The second-order valence-corrected chi connectivity index (χ2v) is 4.29. The molecule has 0 heterocycles. The molecule has 2 fully saturated rings. The zero-order valence-electron chi connectivity index (χ0n) is 9.26. The molecule has 0 saturated heterocycles. The van der Waals surface area contributed by atoms with Crippen LogP contribution in [0.1, 0.15) is 12.8 Å². The van der Waals surface area contributed by atoms with Crippen molar-refractivity contribution < 1.29 is 23.9 Å². The molecule has 0 radical (unpaired) electrons. The van der Waals surface area contributed by atoms with Crippen molar-refractivity contribution in [1.82, 2.24) is 0 Å². The van der Waals surface area contributed by atoms with Crippen LogP contribution in [0.3, 0.4) is 0 Å². The topological polar surface area (TPSA) is 69.7 Å². The molecule has 16 heavy (non-hydrogen) atoms. The molecule has 0 amide bonds. The van der Waals surface area contributed by atoms with E-state index in [0.717, 1.165) is 0 Å². The fourth-order valence-corrected chi connectivity index (χ4v) is 3.03. The highest BCUT2D eigenvalue weighted by atomic mass is 16.5. The van der Waals surface area contributed by atoms with E-state index in [1.165, 1.54) is 14.2 Å². The number of fused-ring (bicyclic) bond motifs is 2. The monoisotopic (exact) mass is 226 g/mol. The van der Waals surface area contributed by atoms with E-state index < -0.39 is 23.8 Å². The van der Waals surface area contributed by atoms with Crippen LogP contribution in [0.25, 0.3) is 0 Å². The highest BCUT2D eigenvalue weighted by molar-refractivity contribution is 5.99. The largest absolute Gasteiger partial charge is 0.469 e. The fourth-order valence-electron chi connectivity index (χ4n) is 3.03. The minimum absolute atomic E-state index is 0.0193. The van der Waals surface area contributed by atoms with E-state index in [1.807, 2.05) is 0 Å². The van der Waals surface area contributed by atoms with Crippen molar-refractivity contribution >= 4 is 17.7 Å². The first kappa shape index (κ1) is 11.1. The van der Waals surface area contributed by atoms with E-state index in [1.54, 1.807) is 0 Å². The van der Waals surface area contributed by atoms with Gasteiger partial charge in [-0.05, 0) is 12.8 Å². The maximum atomic E-state index is 11.8. The number of hydrogen-bond acceptors (Lipinski definition) is 5. The van der Waals surface area contributed by atoms with E-state index in [-0.39, 0.29) is 17.6 Å². The molecule has 5 nitrogen and oxygen atoms in total. The number of ketones is 1. The van der Waals surface area contributed by atoms with E-state index in [2.05, 4.69) is 9.47 Å². The summed E-state index contributed by atoms with van der Waals surface area (Å²) in [6.45, 7) is 0. The van der Waals surface area contributed by atoms with Crippen molar-refractivity contribution in [3.05, 3.63) is 0 Å². The van der Waals surface area contributed by atoms with Crippen LogP contribution >= 0.6 is 0 Å². The lowest BCUT2D eigenvalue weighted by atomic mass is 9.79. The lowest BCUT2D eigenvalue weighted by Gasteiger charge is -2.25. The molecule has 0 aliphatic heterocycles. The molecule has 88 valence electrons. The highest BCUT2D eigenvalue weighted by Gasteiger charge is 2.60. The lowest BCUT2D eigenvalue weighted by molar-refractivity contribution is -0.160. The Bertz CT molecular complexity index is 316. The van der Waals surface area contributed by atoms with Gasteiger partial charge < -0.3 is 9.47 Å². The summed E-state index contributed by atoms with van der Waals surface area (Å²) in [5.74, 6) is -2.90. The predicted molar refractivity (Wildman–Crippen MR) is 52.2 cm³/mol. The third-order valence-corrected chi connectivity index (χ3v) is 3.72. The van der Waals surface area contributed by atoms with E-state index in [0.29, 0.717) is 12.8 Å². The number of esters is 2. The Morgan fingerprint density at radius 3 is 1.69 bits per heavy atom. The smallest absolute Gasteiger partial charge is 0.310 e. The molecule has 0 aromatic heterocycles. The molecule has 0 aromatic rings. The van der Waals surface area contributed by atoms with Crippen LogP contribution in [0.4, 0.5) is 0 Å². The Balaban J connectivity index is 2.30. The highest BCUT2D eigenvalue weighted by Crippen LogP contribution is 2.50. The molecule has 2 aliphatic carbocycles. The van der Waals surface area contributed by atoms with Crippen LogP contribution in [0.2, 0.25) is 0 Å². The minimum atomic E-state index is -0.635. The Morgan fingerprint density at radius 2 is 1.38 bits per heavy atom. The molecular weight excluding hydrogens is 212 g/mol. The van der Waals surface area contributed by atoms with Gasteiger partial charge in [0.15, 0.2) is 0 Å². The third-order valence-electron chi connectivity index (χ3n) is 3.72. The van der Waals surface area contributed by atoms with E-state index >= 15 is 0 Å². The van der Waals surface area contributed by atoms with Crippen LogP contribution < -0.4 is 0 Å². The Kier molecular flexibility index (Phi) is 2.69. The Morgan fingerprint density at radius 1 is 1.00 bits per heavy atom. The van der Waals surface area contributed by atoms with Gasteiger partial charge in [-0.25, -0.2) is 0 Å². The van der Waals surface area contributed by atoms with Crippen molar-refractivity contribution in [2.75, 3.05) is 14.2 Å². The van der Waals surface area contributed by atoms with Gasteiger partial charge in [-0.1, -0.05) is 0 Å². The summed E-state index contributed by atoms with van der Waals surface area (Å²) in [6.07, 6.45) is 1.35. The normalized spacial score (nSPS) is 36.2. The quantitative estimate of drug-likeness (QED) is 0.628. The number of carbonyl (C=O) groups excluding carboxylic acids is 3. The Hall–Kier alpha value is -1.39. The van der Waals surface area contributed by atoms with Crippen molar-refractivity contribution in [2.45, 2.75) is 12.8 Å². The number of methoxy groups -OCH3 is 2. The molecule has 2 rings (SSSR count). The molecule has 4 atom stereocenters. The zero-order chi connectivity index (χ0) is 11.9. The summed E-state index contributed by atoms with van der Waals surface area (Å²) in [7, 11) is 2.54. The number of hydrogen-bond donors (Lipinski definition) is 0. The van der Waals surface area contributed by atoms with E-state index in [9.17, 15) is 14.4 Å². The van der Waals surface area contributed by atoms with Gasteiger partial charge in [0.05, 0.1) is 26.1 Å². The molecule has 0 spiro atoms. The number of ether oxygens (including phenoxy) is 2. The summed E-state index contributed by atoms with van der Waals surface area (Å²) in [4.78, 5) is 35.0. The maximum Gasteiger partial charge on any atom is 0.310 e. The van der Waals surface area contributed by atoms with Gasteiger partial charge in [0.1, 0.15) is 5.78 Å². The molecule has 2 saturated carbocycles. The zero-order valence-corrected chi connectivity index (χ0v) is 9.26. The van der Waals surface area contributed by atoms with Gasteiger partial charge >= 0.3 is 11.9 Å². The SMILES string of the molecule is COC(=O)[C@@H]1[C@H](C(=O)OC)[C@@H]2CC[C@H]1C2=O. The average Bonchev–Trinajstić information content (AvgIpc) is 2.80. The Labute approximate surface area is 93.1 Å². The second kappa shape index (κ2) is 3.88. The molecule has 0 N–H and O–H groups in total. The van der Waals surface area contributed by atoms with Gasteiger partial charge in [0, 0.05) is 11.8 Å². The first-order valence-corrected chi connectivity index (χ1v) is 5.31. The molecule has 0 unspecified atom stereocenters. The van der Waals surface area contributed by atoms with Crippen LogP contribution in [0.5, 0.6) is 0 Å². The number of carbonyl (C=O) groups is 3. The van der Waals surface area contributed by atoms with Gasteiger partial charge in [-0.2, -0.15) is 0 Å². The summed E-state index contributed by atoms with van der Waals surface area (Å²) in [5, 5.41) is 0. The first-order valence-electron chi connectivity index (χ1n) is 5.31. The number of rotatable bonds is 2. The molecular formula is C11H14O5. The van der Waals surface area contributed by atoms with Crippen LogP contribution in [-0.4, -0.2) is 31.9 Å². The van der Waals surface area contributed by atoms with Gasteiger partial charge in [-0.3, -0.25) is 14.4 Å². The second-order valence-electron chi connectivity index (χ2n) is 4.29. The first-order chi connectivity index (χ1) is 7.61.